The van der Waals surface area contributed by atoms with Gasteiger partial charge in [-0.25, -0.2) is 4.39 Å². The summed E-state index contributed by atoms with van der Waals surface area (Å²) in [7, 11) is 0. The molecule has 1 amide bonds. The van der Waals surface area contributed by atoms with E-state index in [9.17, 15) is 14.3 Å². The van der Waals surface area contributed by atoms with Crippen LogP contribution in [-0.2, 0) is 11.2 Å². The molecule has 4 heteroatoms. The van der Waals surface area contributed by atoms with E-state index in [1.54, 1.807) is 6.07 Å². The van der Waals surface area contributed by atoms with E-state index in [0.717, 1.165) is 5.56 Å². The van der Waals surface area contributed by atoms with Gasteiger partial charge in [0, 0.05) is 13.0 Å². The lowest BCUT2D eigenvalue weighted by atomic mass is 9.97. The quantitative estimate of drug-likeness (QED) is 0.769. The van der Waals surface area contributed by atoms with E-state index in [1.807, 2.05) is 19.9 Å². The zero-order chi connectivity index (χ0) is 15.0. The van der Waals surface area contributed by atoms with Crippen LogP contribution in [0.2, 0.25) is 0 Å². The number of carbonyl (C=O) groups excluding carboxylic acids is 1. The highest BCUT2D eigenvalue weighted by Gasteiger charge is 2.10. The third-order valence-corrected chi connectivity index (χ3v) is 3.28. The molecule has 2 atom stereocenters. The predicted molar refractivity (Wildman–Crippen MR) is 77.8 cm³/mol. The van der Waals surface area contributed by atoms with Gasteiger partial charge in [-0.2, -0.15) is 0 Å². The molecule has 3 nitrogen and oxygen atoms in total. The van der Waals surface area contributed by atoms with E-state index < -0.39 is 0 Å². The van der Waals surface area contributed by atoms with Crippen molar-refractivity contribution in [2.45, 2.75) is 45.6 Å². The van der Waals surface area contributed by atoms with Crippen LogP contribution in [0.3, 0.4) is 0 Å². The van der Waals surface area contributed by atoms with Crippen LogP contribution in [-0.4, -0.2) is 23.7 Å². The summed E-state index contributed by atoms with van der Waals surface area (Å²) in [6.07, 6.45) is 2.04. The Balaban J connectivity index is 2.27. The van der Waals surface area contributed by atoms with Crippen LogP contribution in [0.4, 0.5) is 4.39 Å². The first-order valence-electron chi connectivity index (χ1n) is 7.20. The molecule has 1 aromatic carbocycles. The molecule has 0 aliphatic carbocycles. The van der Waals surface area contributed by atoms with Crippen molar-refractivity contribution in [3.63, 3.8) is 0 Å². The van der Waals surface area contributed by atoms with Crippen LogP contribution < -0.4 is 5.32 Å². The first kappa shape index (κ1) is 16.6. The van der Waals surface area contributed by atoms with Crippen molar-refractivity contribution >= 4 is 5.91 Å². The number of amides is 1. The lowest BCUT2D eigenvalue weighted by Gasteiger charge is -2.13. The summed E-state index contributed by atoms with van der Waals surface area (Å²) in [5.74, 6) is -0.0993. The van der Waals surface area contributed by atoms with Crippen molar-refractivity contribution < 1.29 is 14.3 Å². The minimum Gasteiger partial charge on any atom is -0.393 e. The van der Waals surface area contributed by atoms with Crippen LogP contribution >= 0.6 is 0 Å². The first-order valence-corrected chi connectivity index (χ1v) is 7.20. The summed E-state index contributed by atoms with van der Waals surface area (Å²) in [6.45, 7) is 4.39. The highest BCUT2D eigenvalue weighted by Crippen LogP contribution is 2.13. The Hall–Kier alpha value is -1.42. The number of nitrogens with one attached hydrogen (secondary N) is 1. The van der Waals surface area contributed by atoms with Gasteiger partial charge in [-0.15, -0.1) is 0 Å². The molecular weight excluding hydrogens is 257 g/mol. The van der Waals surface area contributed by atoms with Gasteiger partial charge in [-0.1, -0.05) is 26.0 Å². The lowest BCUT2D eigenvalue weighted by molar-refractivity contribution is -0.121. The first-order chi connectivity index (χ1) is 9.51. The smallest absolute Gasteiger partial charge is 0.220 e. The van der Waals surface area contributed by atoms with Gasteiger partial charge < -0.3 is 10.4 Å². The Morgan fingerprint density at radius 1 is 1.45 bits per heavy atom. The van der Waals surface area contributed by atoms with Gasteiger partial charge in [0.25, 0.3) is 0 Å². The standard InChI is InChI=1S/C16H24FNO2/c1-3-15(19)7-8-18-16(20)10-12(2)9-13-5-4-6-14(17)11-13/h4-6,11-12,15,19H,3,7-10H2,1-2H3,(H,18,20). The summed E-state index contributed by atoms with van der Waals surface area (Å²) in [6, 6.07) is 6.48. The van der Waals surface area contributed by atoms with Gasteiger partial charge in [0.05, 0.1) is 6.10 Å². The summed E-state index contributed by atoms with van der Waals surface area (Å²) in [5.41, 5.74) is 0.909. The lowest BCUT2D eigenvalue weighted by Crippen LogP contribution is -2.28. The monoisotopic (exact) mass is 281 g/mol. The fraction of sp³-hybridized carbons (Fsp3) is 0.562. The maximum Gasteiger partial charge on any atom is 0.220 e. The molecule has 0 aromatic heterocycles. The molecule has 0 aliphatic heterocycles. The SMILES string of the molecule is CCC(O)CCNC(=O)CC(C)Cc1cccc(F)c1. The van der Waals surface area contributed by atoms with E-state index in [4.69, 9.17) is 0 Å². The molecule has 0 heterocycles. The molecule has 0 saturated carbocycles. The third-order valence-electron chi connectivity index (χ3n) is 3.28. The van der Waals surface area contributed by atoms with Gasteiger partial charge in [-0.05, 0) is 42.9 Å². The fourth-order valence-electron chi connectivity index (χ4n) is 2.11. The van der Waals surface area contributed by atoms with Crippen LogP contribution in [0.15, 0.2) is 24.3 Å². The van der Waals surface area contributed by atoms with Crippen molar-refractivity contribution in [1.82, 2.24) is 5.32 Å². The molecule has 2 N–H and O–H groups in total. The molecule has 1 aromatic rings. The average molecular weight is 281 g/mol. The molecule has 0 saturated heterocycles. The number of hydrogen-bond donors (Lipinski definition) is 2. The molecule has 0 radical (unpaired) electrons. The summed E-state index contributed by atoms with van der Waals surface area (Å²) in [5, 5.41) is 12.2. The largest absolute Gasteiger partial charge is 0.393 e. The Bertz CT molecular complexity index is 423. The summed E-state index contributed by atoms with van der Waals surface area (Å²) in [4.78, 5) is 11.7. The Labute approximate surface area is 120 Å². The minimum atomic E-state index is -0.347. The van der Waals surface area contributed by atoms with E-state index in [2.05, 4.69) is 5.32 Å². The predicted octanol–water partition coefficient (Wildman–Crippen LogP) is 2.67. The van der Waals surface area contributed by atoms with Crippen LogP contribution in [0.25, 0.3) is 0 Å². The third kappa shape index (κ3) is 6.66. The molecular formula is C16H24FNO2. The maximum absolute atomic E-state index is 13.1. The average Bonchev–Trinajstić information content (AvgIpc) is 2.38. The molecule has 0 spiro atoms. The van der Waals surface area contributed by atoms with Crippen molar-refractivity contribution in [2.75, 3.05) is 6.54 Å². The van der Waals surface area contributed by atoms with Crippen molar-refractivity contribution in [2.24, 2.45) is 5.92 Å². The van der Waals surface area contributed by atoms with Gasteiger partial charge >= 0.3 is 0 Å². The van der Waals surface area contributed by atoms with Gasteiger partial charge in [0.15, 0.2) is 0 Å². The zero-order valence-corrected chi connectivity index (χ0v) is 12.2. The van der Waals surface area contributed by atoms with E-state index in [1.165, 1.54) is 12.1 Å². The van der Waals surface area contributed by atoms with Crippen LogP contribution in [0.5, 0.6) is 0 Å². The van der Waals surface area contributed by atoms with Crippen LogP contribution in [0.1, 0.15) is 38.7 Å². The highest BCUT2D eigenvalue weighted by molar-refractivity contribution is 5.76. The molecule has 2 unspecified atom stereocenters. The van der Waals surface area contributed by atoms with Gasteiger partial charge in [0.2, 0.25) is 5.91 Å². The molecule has 0 bridgehead atoms. The normalized spacial score (nSPS) is 13.8. The van der Waals surface area contributed by atoms with Crippen LogP contribution in [0, 0.1) is 11.7 Å². The number of aliphatic hydroxyl groups excluding tert-OH is 1. The maximum atomic E-state index is 13.1. The molecule has 0 aliphatic rings. The van der Waals surface area contributed by atoms with E-state index in [0.29, 0.717) is 32.2 Å². The van der Waals surface area contributed by atoms with Crippen molar-refractivity contribution in [3.8, 4) is 0 Å². The number of halogens is 1. The Morgan fingerprint density at radius 2 is 2.20 bits per heavy atom. The Kier molecular flexibility index (Phi) is 7.23. The van der Waals surface area contributed by atoms with E-state index >= 15 is 0 Å². The van der Waals surface area contributed by atoms with Crippen molar-refractivity contribution in [1.29, 1.82) is 0 Å². The topological polar surface area (TPSA) is 49.3 Å². The van der Waals surface area contributed by atoms with Crippen molar-refractivity contribution in [3.05, 3.63) is 35.6 Å². The van der Waals surface area contributed by atoms with Gasteiger partial charge in [-0.3, -0.25) is 4.79 Å². The molecule has 0 fully saturated rings. The second kappa shape index (κ2) is 8.69. The highest BCUT2D eigenvalue weighted by atomic mass is 19.1. The summed E-state index contributed by atoms with van der Waals surface area (Å²) >= 11 is 0. The second-order valence-corrected chi connectivity index (χ2v) is 5.34. The number of hydrogen-bond acceptors (Lipinski definition) is 2. The Morgan fingerprint density at radius 3 is 2.85 bits per heavy atom. The number of aliphatic hydroxyl groups is 1. The molecule has 20 heavy (non-hydrogen) atoms. The number of rotatable bonds is 8. The fourth-order valence-corrected chi connectivity index (χ4v) is 2.11. The molecule has 1 rings (SSSR count). The van der Waals surface area contributed by atoms with Gasteiger partial charge in [0.1, 0.15) is 5.82 Å². The minimum absolute atomic E-state index is 0.0165. The number of benzene rings is 1. The molecule has 112 valence electrons. The number of carbonyl (C=O) groups is 1. The van der Waals surface area contributed by atoms with E-state index in [-0.39, 0.29) is 23.7 Å². The summed E-state index contributed by atoms with van der Waals surface area (Å²) < 4.78 is 13.1. The second-order valence-electron chi connectivity index (χ2n) is 5.34. The zero-order valence-electron chi connectivity index (χ0n) is 12.2.